The Bertz CT molecular complexity index is 306. The predicted molar refractivity (Wildman–Crippen MR) is 55.7 cm³/mol. The molecule has 0 radical (unpaired) electrons. The van der Waals surface area contributed by atoms with Crippen LogP contribution >= 0.6 is 0 Å². The smallest absolute Gasteiger partial charge is 0.303 e. The SMILES string of the molecule is CC(=O)OC1C(OC(C)=O)[C@H](C)[C@H](C)O[C@H]1F. The molecule has 0 aromatic carbocycles. The molecule has 1 fully saturated rings. The van der Waals surface area contributed by atoms with E-state index >= 15 is 0 Å². The molecule has 0 bridgehead atoms. The summed E-state index contributed by atoms with van der Waals surface area (Å²) in [6.45, 7) is 5.82. The molecule has 0 aromatic heterocycles. The predicted octanol–water partition coefficient (Wildman–Crippen LogP) is 1.20. The third-order valence-corrected chi connectivity index (χ3v) is 2.79. The molecule has 0 spiro atoms. The van der Waals surface area contributed by atoms with Crippen molar-refractivity contribution >= 4 is 11.9 Å². The summed E-state index contributed by atoms with van der Waals surface area (Å²) >= 11 is 0. The maximum Gasteiger partial charge on any atom is 0.303 e. The third-order valence-electron chi connectivity index (χ3n) is 2.79. The van der Waals surface area contributed by atoms with E-state index in [0.29, 0.717) is 0 Å². The second-order valence-electron chi connectivity index (χ2n) is 4.20. The summed E-state index contributed by atoms with van der Waals surface area (Å²) in [5, 5.41) is 0. The van der Waals surface area contributed by atoms with Gasteiger partial charge in [-0.15, -0.1) is 0 Å². The van der Waals surface area contributed by atoms with E-state index in [4.69, 9.17) is 14.2 Å². The molecule has 5 nitrogen and oxygen atoms in total. The molecule has 17 heavy (non-hydrogen) atoms. The molecular formula is C11H17FO5. The van der Waals surface area contributed by atoms with Crippen LogP contribution in [0.3, 0.4) is 0 Å². The molecule has 0 amide bonds. The lowest BCUT2D eigenvalue weighted by molar-refractivity contribution is -0.249. The van der Waals surface area contributed by atoms with Crippen LogP contribution in [0.15, 0.2) is 0 Å². The van der Waals surface area contributed by atoms with Crippen molar-refractivity contribution in [3.63, 3.8) is 0 Å². The van der Waals surface area contributed by atoms with Gasteiger partial charge in [-0.05, 0) is 6.92 Å². The third kappa shape index (κ3) is 3.39. The Kier molecular flexibility index (Phi) is 4.45. The van der Waals surface area contributed by atoms with Gasteiger partial charge in [-0.25, -0.2) is 4.39 Å². The Balaban J connectivity index is 2.86. The number of carbonyl (C=O) groups excluding carboxylic acids is 2. The fourth-order valence-corrected chi connectivity index (χ4v) is 1.80. The van der Waals surface area contributed by atoms with Crippen molar-refractivity contribution in [2.75, 3.05) is 0 Å². The van der Waals surface area contributed by atoms with E-state index in [1.165, 1.54) is 13.8 Å². The maximum absolute atomic E-state index is 13.6. The van der Waals surface area contributed by atoms with Crippen LogP contribution in [0.4, 0.5) is 4.39 Å². The van der Waals surface area contributed by atoms with Crippen molar-refractivity contribution in [2.24, 2.45) is 5.92 Å². The van der Waals surface area contributed by atoms with Crippen LogP contribution in [0.25, 0.3) is 0 Å². The van der Waals surface area contributed by atoms with Crippen molar-refractivity contribution in [3.05, 3.63) is 0 Å². The number of rotatable bonds is 2. The van der Waals surface area contributed by atoms with Crippen LogP contribution in [-0.4, -0.2) is 36.6 Å². The fourth-order valence-electron chi connectivity index (χ4n) is 1.80. The summed E-state index contributed by atoms with van der Waals surface area (Å²) in [6, 6.07) is 0. The van der Waals surface area contributed by atoms with Gasteiger partial charge in [0.2, 0.25) is 6.36 Å². The molecule has 6 heteroatoms. The van der Waals surface area contributed by atoms with Gasteiger partial charge in [0.25, 0.3) is 0 Å². The number of carbonyl (C=O) groups is 2. The van der Waals surface area contributed by atoms with Crippen LogP contribution in [-0.2, 0) is 23.8 Å². The maximum atomic E-state index is 13.6. The minimum atomic E-state index is -1.78. The lowest BCUT2D eigenvalue weighted by Gasteiger charge is -2.40. The summed E-state index contributed by atoms with van der Waals surface area (Å²) < 4.78 is 28.5. The lowest BCUT2D eigenvalue weighted by Crippen LogP contribution is -2.54. The Morgan fingerprint density at radius 2 is 1.53 bits per heavy atom. The molecule has 98 valence electrons. The highest BCUT2D eigenvalue weighted by Crippen LogP contribution is 2.30. The number of ether oxygens (including phenoxy) is 3. The first-order valence-electron chi connectivity index (χ1n) is 5.47. The average molecular weight is 248 g/mol. The van der Waals surface area contributed by atoms with E-state index in [2.05, 4.69) is 0 Å². The van der Waals surface area contributed by atoms with Gasteiger partial charge in [0.1, 0.15) is 6.10 Å². The zero-order valence-electron chi connectivity index (χ0n) is 10.3. The Morgan fingerprint density at radius 1 is 1.06 bits per heavy atom. The van der Waals surface area contributed by atoms with Gasteiger partial charge in [0, 0.05) is 19.8 Å². The molecular weight excluding hydrogens is 231 g/mol. The lowest BCUT2D eigenvalue weighted by atomic mass is 9.91. The molecule has 0 aliphatic carbocycles. The van der Waals surface area contributed by atoms with Crippen LogP contribution in [0, 0.1) is 5.92 Å². The van der Waals surface area contributed by atoms with Crippen molar-refractivity contribution in [1.82, 2.24) is 0 Å². The summed E-state index contributed by atoms with van der Waals surface area (Å²) in [7, 11) is 0. The molecule has 0 N–H and O–H groups in total. The molecule has 0 saturated carbocycles. The van der Waals surface area contributed by atoms with E-state index in [0.717, 1.165) is 0 Å². The van der Waals surface area contributed by atoms with Crippen LogP contribution in [0.2, 0.25) is 0 Å². The van der Waals surface area contributed by atoms with Crippen molar-refractivity contribution in [3.8, 4) is 0 Å². The monoisotopic (exact) mass is 248 g/mol. The highest BCUT2D eigenvalue weighted by molar-refractivity contribution is 5.67. The van der Waals surface area contributed by atoms with Crippen molar-refractivity contribution in [2.45, 2.75) is 52.4 Å². The average Bonchev–Trinajstić information content (AvgIpc) is 2.19. The standard InChI is InChI=1S/C11H17FO5/c1-5-6(2)15-11(12)10(17-8(4)14)9(5)16-7(3)13/h5-6,9-11H,1-4H3/t5-,6+,9?,10?,11-/m1/s1. The fraction of sp³-hybridized carbons (Fsp3) is 0.818. The summed E-state index contributed by atoms with van der Waals surface area (Å²) in [5.74, 6) is -1.43. The van der Waals surface area contributed by atoms with Gasteiger partial charge in [0.05, 0.1) is 6.10 Å². The zero-order chi connectivity index (χ0) is 13.2. The Hall–Kier alpha value is -1.17. The first-order chi connectivity index (χ1) is 7.82. The first kappa shape index (κ1) is 13.9. The number of hydrogen-bond donors (Lipinski definition) is 0. The highest BCUT2D eigenvalue weighted by atomic mass is 19.1. The van der Waals surface area contributed by atoms with E-state index in [1.807, 2.05) is 0 Å². The van der Waals surface area contributed by atoms with Crippen LogP contribution < -0.4 is 0 Å². The molecule has 1 aliphatic heterocycles. The molecule has 2 unspecified atom stereocenters. The summed E-state index contributed by atoms with van der Waals surface area (Å²) in [5.41, 5.74) is 0. The van der Waals surface area contributed by atoms with Gasteiger partial charge in [-0.1, -0.05) is 6.92 Å². The first-order valence-corrected chi connectivity index (χ1v) is 5.47. The molecule has 1 rings (SSSR count). The van der Waals surface area contributed by atoms with Gasteiger partial charge < -0.3 is 14.2 Å². The normalized spacial score (nSPS) is 37.4. The Morgan fingerprint density at radius 3 is 2.00 bits per heavy atom. The van der Waals surface area contributed by atoms with Gasteiger partial charge in [-0.3, -0.25) is 9.59 Å². The minimum absolute atomic E-state index is 0.254. The van der Waals surface area contributed by atoms with Crippen molar-refractivity contribution < 1.29 is 28.2 Å². The second kappa shape index (κ2) is 5.44. The summed E-state index contributed by atoms with van der Waals surface area (Å²) in [6.07, 6.45) is -4.23. The van der Waals surface area contributed by atoms with Gasteiger partial charge >= 0.3 is 11.9 Å². The molecule has 5 atom stereocenters. The molecule has 1 heterocycles. The molecule has 1 aliphatic rings. The van der Waals surface area contributed by atoms with E-state index < -0.39 is 36.6 Å². The highest BCUT2D eigenvalue weighted by Gasteiger charge is 2.46. The number of alkyl halides is 1. The number of hydrogen-bond acceptors (Lipinski definition) is 5. The number of halogens is 1. The van der Waals surface area contributed by atoms with E-state index in [-0.39, 0.29) is 5.92 Å². The number of esters is 2. The van der Waals surface area contributed by atoms with Gasteiger partial charge in [0.15, 0.2) is 6.10 Å². The van der Waals surface area contributed by atoms with Crippen molar-refractivity contribution in [1.29, 1.82) is 0 Å². The second-order valence-corrected chi connectivity index (χ2v) is 4.20. The minimum Gasteiger partial charge on any atom is -0.458 e. The quantitative estimate of drug-likeness (QED) is 0.687. The van der Waals surface area contributed by atoms with E-state index in [1.54, 1.807) is 13.8 Å². The van der Waals surface area contributed by atoms with E-state index in [9.17, 15) is 14.0 Å². The topological polar surface area (TPSA) is 61.8 Å². The largest absolute Gasteiger partial charge is 0.458 e. The summed E-state index contributed by atoms with van der Waals surface area (Å²) in [4.78, 5) is 21.9. The molecule has 1 saturated heterocycles. The van der Waals surface area contributed by atoms with Crippen LogP contribution in [0.5, 0.6) is 0 Å². The van der Waals surface area contributed by atoms with Gasteiger partial charge in [-0.2, -0.15) is 0 Å². The Labute approximate surface area is 99.2 Å². The zero-order valence-corrected chi connectivity index (χ0v) is 10.3. The molecule has 0 aromatic rings. The van der Waals surface area contributed by atoms with Crippen LogP contribution in [0.1, 0.15) is 27.7 Å².